The van der Waals surface area contributed by atoms with Crippen molar-refractivity contribution in [1.82, 2.24) is 0 Å². The fourth-order valence-corrected chi connectivity index (χ4v) is 6.76. The Hall–Kier alpha value is -0.107. The summed E-state index contributed by atoms with van der Waals surface area (Å²) in [5.74, 6) is -0.221. The average Bonchev–Trinajstić information content (AvgIpc) is 2.28. The van der Waals surface area contributed by atoms with E-state index in [2.05, 4.69) is 0 Å². The topological polar surface area (TPSA) is 54.0 Å². The molecule has 0 rings (SSSR count). The molecule has 0 N–H and O–H groups in total. The first-order valence-electron chi connectivity index (χ1n) is 6.21. The molecule has 0 saturated carbocycles. The van der Waals surface area contributed by atoms with Gasteiger partial charge in [-0.1, -0.05) is 0 Å². The van der Waals surface area contributed by atoms with Gasteiger partial charge in [0.2, 0.25) is 0 Å². The Morgan fingerprint density at radius 1 is 0.882 bits per heavy atom. The monoisotopic (exact) mass is 310 g/mol. The van der Waals surface area contributed by atoms with Gasteiger partial charge < -0.3 is 0 Å². The number of hydrogen-bond donors (Lipinski definition) is 0. The van der Waals surface area contributed by atoms with Crippen molar-refractivity contribution < 1.29 is 20.8 Å². The van der Waals surface area contributed by atoms with Crippen LogP contribution in [0.2, 0.25) is 5.25 Å². The van der Waals surface area contributed by atoms with Gasteiger partial charge in [0.1, 0.15) is 0 Å². The summed E-state index contributed by atoms with van der Waals surface area (Å²) >= 11 is -3.24. The summed E-state index contributed by atoms with van der Waals surface area (Å²) < 4.78 is 21.9. The fourth-order valence-electron chi connectivity index (χ4n) is 1.49. The molecule has 0 bridgehead atoms. The van der Waals surface area contributed by atoms with E-state index in [1.54, 1.807) is 6.92 Å². The molecular formula is C11H24GeO5. The Labute approximate surface area is 107 Å². The summed E-state index contributed by atoms with van der Waals surface area (Å²) in [7, 11) is 0. The summed E-state index contributed by atoms with van der Waals surface area (Å²) in [6.45, 7) is 9.54. The second-order valence-electron chi connectivity index (χ2n) is 3.29. The van der Waals surface area contributed by atoms with Crippen LogP contribution in [0, 0.1) is 0 Å². The van der Waals surface area contributed by atoms with Gasteiger partial charge >= 0.3 is 107 Å². The molecule has 0 aromatic carbocycles. The van der Waals surface area contributed by atoms with Crippen LogP contribution >= 0.6 is 0 Å². The van der Waals surface area contributed by atoms with Gasteiger partial charge in [-0.15, -0.1) is 0 Å². The maximum atomic E-state index is 11.3. The minimum absolute atomic E-state index is 0.221. The molecule has 102 valence electrons. The van der Waals surface area contributed by atoms with E-state index in [0.29, 0.717) is 38.1 Å². The summed E-state index contributed by atoms with van der Waals surface area (Å²) in [4.78, 5) is 11.3. The van der Waals surface area contributed by atoms with Crippen LogP contribution in [0.1, 0.15) is 34.1 Å². The molecule has 0 fully saturated rings. The van der Waals surface area contributed by atoms with Crippen molar-refractivity contribution in [1.29, 1.82) is 0 Å². The van der Waals surface area contributed by atoms with E-state index in [0.717, 1.165) is 0 Å². The molecular weight excluding hydrogens is 285 g/mol. The van der Waals surface area contributed by atoms with Crippen LogP contribution in [0.4, 0.5) is 0 Å². The molecule has 0 aliphatic heterocycles. The standard InChI is InChI=1S/C11H24GeO5/c1-5-14-11(13)9-10-12(15-6-2,16-7-3)17-8-4/h5-10H2,1-4H3. The van der Waals surface area contributed by atoms with Gasteiger partial charge in [0, 0.05) is 0 Å². The van der Waals surface area contributed by atoms with Crippen LogP contribution in [-0.2, 0) is 20.8 Å². The average molecular weight is 309 g/mol. The SMILES string of the molecule is CCOC(=O)C[CH2][Ge]([O]CC)([O]CC)[O]CC. The maximum absolute atomic E-state index is 11.3. The zero-order valence-electron chi connectivity index (χ0n) is 11.3. The van der Waals surface area contributed by atoms with E-state index < -0.39 is 14.3 Å². The first-order chi connectivity index (χ1) is 8.14. The Kier molecular flexibility index (Phi) is 9.81. The molecule has 0 aliphatic carbocycles. The van der Waals surface area contributed by atoms with Gasteiger partial charge in [0.05, 0.1) is 0 Å². The number of rotatable bonds is 10. The molecule has 5 nitrogen and oxygen atoms in total. The molecule has 0 heterocycles. The van der Waals surface area contributed by atoms with Gasteiger partial charge in [-0.25, -0.2) is 0 Å². The quantitative estimate of drug-likeness (QED) is 0.456. The minimum atomic E-state index is -3.24. The number of carbonyl (C=O) groups excluding carboxylic acids is 1. The van der Waals surface area contributed by atoms with Crippen molar-refractivity contribution >= 4 is 20.2 Å². The van der Waals surface area contributed by atoms with Crippen LogP contribution in [0.25, 0.3) is 0 Å². The molecule has 0 atom stereocenters. The van der Waals surface area contributed by atoms with Crippen molar-refractivity contribution in [2.24, 2.45) is 0 Å². The normalized spacial score (nSPS) is 11.5. The van der Waals surface area contributed by atoms with Crippen LogP contribution in [0.15, 0.2) is 0 Å². The number of esters is 1. The Balaban J connectivity index is 4.37. The van der Waals surface area contributed by atoms with Crippen LogP contribution in [-0.4, -0.2) is 46.7 Å². The molecule has 17 heavy (non-hydrogen) atoms. The number of hydrogen-bond acceptors (Lipinski definition) is 5. The van der Waals surface area contributed by atoms with Gasteiger partial charge in [-0.3, -0.25) is 0 Å². The van der Waals surface area contributed by atoms with Gasteiger partial charge in [-0.05, 0) is 0 Å². The molecule has 0 unspecified atom stereocenters. The molecule has 0 radical (unpaired) electrons. The first kappa shape index (κ1) is 16.9. The number of ether oxygens (including phenoxy) is 1. The second kappa shape index (κ2) is 9.88. The molecule has 0 aromatic rings. The molecule has 0 aliphatic rings. The van der Waals surface area contributed by atoms with Crippen molar-refractivity contribution in [3.8, 4) is 0 Å². The molecule has 0 spiro atoms. The molecule has 0 saturated heterocycles. The summed E-state index contributed by atoms with van der Waals surface area (Å²) in [5, 5.41) is 0.522. The third kappa shape index (κ3) is 7.03. The summed E-state index contributed by atoms with van der Waals surface area (Å²) in [6, 6.07) is 0. The summed E-state index contributed by atoms with van der Waals surface area (Å²) in [6.07, 6.45) is 0.299. The zero-order valence-corrected chi connectivity index (χ0v) is 13.4. The van der Waals surface area contributed by atoms with E-state index >= 15 is 0 Å². The van der Waals surface area contributed by atoms with Crippen molar-refractivity contribution in [2.75, 3.05) is 26.4 Å². The van der Waals surface area contributed by atoms with Gasteiger partial charge in [0.25, 0.3) is 0 Å². The Morgan fingerprint density at radius 3 is 1.71 bits per heavy atom. The van der Waals surface area contributed by atoms with E-state index in [4.69, 9.17) is 16.0 Å². The third-order valence-electron chi connectivity index (χ3n) is 2.03. The van der Waals surface area contributed by atoms with Crippen molar-refractivity contribution in [3.63, 3.8) is 0 Å². The zero-order chi connectivity index (χ0) is 13.1. The second-order valence-corrected chi connectivity index (χ2v) is 9.02. The third-order valence-corrected chi connectivity index (χ3v) is 8.43. The molecule has 0 amide bonds. The molecule has 6 heteroatoms. The van der Waals surface area contributed by atoms with Crippen molar-refractivity contribution in [2.45, 2.75) is 39.4 Å². The molecule has 0 aromatic heterocycles. The van der Waals surface area contributed by atoms with Gasteiger partial charge in [-0.2, -0.15) is 0 Å². The predicted octanol–water partition coefficient (Wildman–Crippen LogP) is 1.99. The van der Waals surface area contributed by atoms with Crippen LogP contribution < -0.4 is 0 Å². The van der Waals surface area contributed by atoms with Gasteiger partial charge in [0.15, 0.2) is 0 Å². The fraction of sp³-hybridized carbons (Fsp3) is 0.909. The van der Waals surface area contributed by atoms with E-state index in [1.807, 2.05) is 20.8 Å². The summed E-state index contributed by atoms with van der Waals surface area (Å²) in [5.41, 5.74) is 0. The van der Waals surface area contributed by atoms with E-state index in [1.165, 1.54) is 0 Å². The predicted molar refractivity (Wildman–Crippen MR) is 66.7 cm³/mol. The first-order valence-corrected chi connectivity index (χ1v) is 10.3. The number of carbonyl (C=O) groups is 1. The Morgan fingerprint density at radius 2 is 1.35 bits per heavy atom. The van der Waals surface area contributed by atoms with Crippen LogP contribution in [0.3, 0.4) is 0 Å². The van der Waals surface area contributed by atoms with E-state index in [9.17, 15) is 4.79 Å². The van der Waals surface area contributed by atoms with Crippen molar-refractivity contribution in [3.05, 3.63) is 0 Å². The Bertz CT molecular complexity index is 193. The van der Waals surface area contributed by atoms with E-state index in [-0.39, 0.29) is 5.97 Å². The van der Waals surface area contributed by atoms with Crippen LogP contribution in [0.5, 0.6) is 0 Å².